The van der Waals surface area contributed by atoms with Crippen molar-refractivity contribution >= 4 is 11.6 Å². The summed E-state index contributed by atoms with van der Waals surface area (Å²) < 4.78 is 26.7. The van der Waals surface area contributed by atoms with Crippen molar-refractivity contribution in [3.63, 3.8) is 0 Å². The molecule has 0 aromatic heterocycles. The zero-order valence-corrected chi connectivity index (χ0v) is 13.9. The van der Waals surface area contributed by atoms with E-state index < -0.39 is 17.0 Å². The first-order valence-corrected chi connectivity index (χ1v) is 6.46. The summed E-state index contributed by atoms with van der Waals surface area (Å²) in [6.45, 7) is 7.74. The van der Waals surface area contributed by atoms with E-state index in [0.29, 0.717) is 6.54 Å². The predicted octanol–water partition coefficient (Wildman–Crippen LogP) is 3.94. The van der Waals surface area contributed by atoms with Crippen molar-refractivity contribution < 1.29 is 35.3 Å². The molecular weight excluding hydrogens is 296 g/mol. The standard InChI is InChI=1S/C15H20F2NO.Ti/c1-5-6-9-18(14(19)15(2,3)4)13-8-7-11(16)10-12(13)17;/h7-8H,5-6,9H2,1-4H3;/q-1;. The number of halogens is 2. The van der Waals surface area contributed by atoms with Crippen LogP contribution in [-0.4, -0.2) is 12.5 Å². The van der Waals surface area contributed by atoms with Crippen molar-refractivity contribution in [1.82, 2.24) is 0 Å². The van der Waals surface area contributed by atoms with Crippen molar-refractivity contribution in [1.29, 1.82) is 0 Å². The molecule has 0 bridgehead atoms. The molecule has 0 N–H and O–H groups in total. The molecule has 0 aliphatic carbocycles. The first-order valence-electron chi connectivity index (χ1n) is 6.46. The second kappa shape index (κ2) is 7.89. The van der Waals surface area contributed by atoms with Gasteiger partial charge in [0.1, 0.15) is 0 Å². The number of amides is 1. The number of carbonyl (C=O) groups excluding carboxylic acids is 1. The Bertz CT molecular complexity index is 458. The normalized spacial score (nSPS) is 10.9. The molecular formula is C15H20F2NOTi-. The molecule has 0 saturated heterocycles. The Kier molecular flexibility index (Phi) is 7.60. The van der Waals surface area contributed by atoms with Gasteiger partial charge in [0, 0.05) is 45.3 Å². The zero-order chi connectivity index (χ0) is 14.6. The quantitative estimate of drug-likeness (QED) is 0.608. The summed E-state index contributed by atoms with van der Waals surface area (Å²) in [6.07, 6.45) is 1.65. The molecule has 0 unspecified atom stereocenters. The second-order valence-corrected chi connectivity index (χ2v) is 5.57. The molecule has 1 amide bonds. The number of benzene rings is 1. The molecule has 1 aromatic rings. The number of hydrogen-bond acceptors (Lipinski definition) is 1. The third-order valence-electron chi connectivity index (χ3n) is 2.75. The summed E-state index contributed by atoms with van der Waals surface area (Å²) in [7, 11) is 0. The van der Waals surface area contributed by atoms with Crippen molar-refractivity contribution in [3.8, 4) is 0 Å². The monoisotopic (exact) mass is 316 g/mol. The van der Waals surface area contributed by atoms with Crippen LogP contribution in [0.5, 0.6) is 0 Å². The number of unbranched alkanes of at least 4 members (excludes halogenated alkanes) is 1. The van der Waals surface area contributed by atoms with Gasteiger partial charge in [-0.3, -0.25) is 4.79 Å². The maximum atomic E-state index is 13.8. The third-order valence-corrected chi connectivity index (χ3v) is 2.75. The molecule has 0 aliphatic heterocycles. The fourth-order valence-corrected chi connectivity index (χ4v) is 1.70. The van der Waals surface area contributed by atoms with Crippen LogP contribution >= 0.6 is 0 Å². The summed E-state index contributed by atoms with van der Waals surface area (Å²) in [4.78, 5) is 13.7. The smallest absolute Gasteiger partial charge is 0.221 e. The van der Waals surface area contributed by atoms with Gasteiger partial charge in [0.15, 0.2) is 0 Å². The summed E-state index contributed by atoms with van der Waals surface area (Å²) in [5, 5.41) is 0. The molecule has 20 heavy (non-hydrogen) atoms. The minimum atomic E-state index is -0.825. The first-order chi connectivity index (χ1) is 8.77. The largest absolute Gasteiger partial charge is 0.363 e. The summed E-state index contributed by atoms with van der Waals surface area (Å²) in [5.74, 6) is -1.77. The number of hydrogen-bond donors (Lipinski definition) is 0. The molecule has 0 saturated carbocycles. The van der Waals surface area contributed by atoms with Gasteiger partial charge < -0.3 is 4.90 Å². The Morgan fingerprint density at radius 2 is 1.90 bits per heavy atom. The van der Waals surface area contributed by atoms with Crippen molar-refractivity contribution in [2.24, 2.45) is 5.41 Å². The van der Waals surface area contributed by atoms with Crippen LogP contribution in [0, 0.1) is 23.1 Å². The number of anilines is 1. The second-order valence-electron chi connectivity index (χ2n) is 5.57. The Morgan fingerprint density at radius 1 is 1.30 bits per heavy atom. The Balaban J connectivity index is 0.00000361. The van der Waals surface area contributed by atoms with Crippen LogP contribution in [-0.2, 0) is 26.5 Å². The van der Waals surface area contributed by atoms with Gasteiger partial charge in [0.2, 0.25) is 5.91 Å². The summed E-state index contributed by atoms with van der Waals surface area (Å²) in [6, 6.07) is 4.39. The Labute approximate surface area is 134 Å². The zero-order valence-electron chi connectivity index (χ0n) is 12.4. The van der Waals surface area contributed by atoms with Crippen molar-refractivity contribution in [2.45, 2.75) is 40.5 Å². The van der Waals surface area contributed by atoms with Gasteiger partial charge in [-0.2, -0.15) is 0 Å². The van der Waals surface area contributed by atoms with Gasteiger partial charge in [0.05, 0.1) is 0 Å². The SMILES string of the molecule is CCCCN(C(=O)C(C)(C)C)c1ccc(F)[c-]c1F.[Ti]. The summed E-state index contributed by atoms with van der Waals surface area (Å²) in [5.41, 5.74) is -0.524. The number of rotatable bonds is 4. The molecule has 1 aromatic carbocycles. The molecule has 5 heteroatoms. The van der Waals surface area contributed by atoms with E-state index in [2.05, 4.69) is 0 Å². The fourth-order valence-electron chi connectivity index (χ4n) is 1.70. The Morgan fingerprint density at radius 3 is 2.35 bits per heavy atom. The Hall–Kier alpha value is -0.736. The van der Waals surface area contributed by atoms with Crippen LogP contribution < -0.4 is 4.90 Å². The van der Waals surface area contributed by atoms with Gasteiger partial charge in [-0.15, -0.1) is 18.2 Å². The molecule has 0 radical (unpaired) electrons. The minimum Gasteiger partial charge on any atom is -0.363 e. The molecule has 0 spiro atoms. The van der Waals surface area contributed by atoms with E-state index in [0.717, 1.165) is 18.9 Å². The van der Waals surface area contributed by atoms with E-state index in [9.17, 15) is 13.6 Å². The maximum Gasteiger partial charge on any atom is 0.221 e. The molecule has 2 nitrogen and oxygen atoms in total. The topological polar surface area (TPSA) is 20.3 Å². The van der Waals surface area contributed by atoms with Crippen LogP contribution in [0.2, 0.25) is 0 Å². The van der Waals surface area contributed by atoms with E-state index in [1.165, 1.54) is 11.0 Å². The number of nitrogens with zero attached hydrogens (tertiary/aromatic N) is 1. The molecule has 1 rings (SSSR count). The van der Waals surface area contributed by atoms with Crippen LogP contribution in [0.4, 0.5) is 14.5 Å². The third kappa shape index (κ3) is 4.99. The predicted molar refractivity (Wildman–Crippen MR) is 71.9 cm³/mol. The first kappa shape index (κ1) is 19.3. The average molecular weight is 316 g/mol. The molecule has 0 heterocycles. The molecule has 0 fully saturated rings. The van der Waals surface area contributed by atoms with E-state index in [1.807, 2.05) is 13.0 Å². The van der Waals surface area contributed by atoms with Crippen molar-refractivity contribution in [2.75, 3.05) is 11.4 Å². The molecule has 0 aliphatic rings. The van der Waals surface area contributed by atoms with E-state index >= 15 is 0 Å². The molecule has 0 atom stereocenters. The van der Waals surface area contributed by atoms with Gasteiger partial charge in [-0.25, -0.2) is 8.78 Å². The van der Waals surface area contributed by atoms with Crippen LogP contribution in [0.1, 0.15) is 40.5 Å². The number of carbonyl (C=O) groups is 1. The van der Waals surface area contributed by atoms with Crippen LogP contribution in [0.15, 0.2) is 12.1 Å². The van der Waals surface area contributed by atoms with E-state index in [4.69, 9.17) is 0 Å². The van der Waals surface area contributed by atoms with Gasteiger partial charge in [-0.05, 0) is 12.1 Å². The average Bonchev–Trinajstić information content (AvgIpc) is 2.30. The van der Waals surface area contributed by atoms with E-state index in [1.54, 1.807) is 20.8 Å². The maximum absolute atomic E-state index is 13.8. The van der Waals surface area contributed by atoms with Crippen LogP contribution in [0.25, 0.3) is 0 Å². The fraction of sp³-hybridized carbons (Fsp3) is 0.533. The summed E-state index contributed by atoms with van der Waals surface area (Å²) >= 11 is 0. The van der Waals surface area contributed by atoms with Crippen LogP contribution in [0.3, 0.4) is 0 Å². The molecule has 110 valence electrons. The van der Waals surface area contributed by atoms with E-state index in [-0.39, 0.29) is 33.3 Å². The van der Waals surface area contributed by atoms with Gasteiger partial charge >= 0.3 is 0 Å². The minimum absolute atomic E-state index is 0. The van der Waals surface area contributed by atoms with Gasteiger partial charge in [-0.1, -0.05) is 34.1 Å². The van der Waals surface area contributed by atoms with Crippen molar-refractivity contribution in [3.05, 3.63) is 29.8 Å². The van der Waals surface area contributed by atoms with Gasteiger partial charge in [0.25, 0.3) is 0 Å².